The normalized spacial score (nSPS) is 24.7. The van der Waals surface area contributed by atoms with Gasteiger partial charge in [-0.1, -0.05) is 5.16 Å². The minimum absolute atomic E-state index is 0.125. The molecule has 5 nitrogen and oxygen atoms in total. The zero-order chi connectivity index (χ0) is 11.7. The van der Waals surface area contributed by atoms with E-state index in [4.69, 9.17) is 19.4 Å². The molecule has 1 saturated heterocycles. The molecule has 1 aromatic carbocycles. The molecule has 0 aliphatic carbocycles. The zero-order valence-electron chi connectivity index (χ0n) is 9.26. The second-order valence-corrected chi connectivity index (χ2v) is 4.10. The summed E-state index contributed by atoms with van der Waals surface area (Å²) < 4.78 is 16.4. The van der Waals surface area contributed by atoms with Gasteiger partial charge in [0, 0.05) is 18.1 Å². The van der Waals surface area contributed by atoms with Crippen LogP contribution >= 0.6 is 0 Å². The Morgan fingerprint density at radius 1 is 1.41 bits per heavy atom. The van der Waals surface area contributed by atoms with Crippen LogP contribution in [0.15, 0.2) is 23.4 Å². The van der Waals surface area contributed by atoms with E-state index in [1.54, 1.807) is 0 Å². The third-order valence-electron chi connectivity index (χ3n) is 2.94. The molecule has 2 aliphatic rings. The quantitative estimate of drug-likeness (QED) is 0.622. The fourth-order valence-electron chi connectivity index (χ4n) is 2.04. The highest BCUT2D eigenvalue weighted by Gasteiger charge is 2.22. The molecule has 1 unspecified atom stereocenters. The molecule has 1 aromatic rings. The fourth-order valence-corrected chi connectivity index (χ4v) is 2.04. The highest BCUT2D eigenvalue weighted by Crippen LogP contribution is 2.30. The van der Waals surface area contributed by atoms with Crippen LogP contribution in [0, 0.1) is 0 Å². The lowest BCUT2D eigenvalue weighted by atomic mass is 10.1. The molecule has 0 spiro atoms. The number of rotatable bonds is 2. The lowest BCUT2D eigenvalue weighted by molar-refractivity contribution is 0.141. The molecule has 0 aromatic heterocycles. The molecular weight excluding hydrogens is 222 g/mol. The molecular formula is C12H13NO4. The first-order valence-corrected chi connectivity index (χ1v) is 5.59. The Balaban J connectivity index is 1.79. The van der Waals surface area contributed by atoms with Gasteiger partial charge in [0.1, 0.15) is 29.9 Å². The molecule has 0 radical (unpaired) electrons. The summed E-state index contributed by atoms with van der Waals surface area (Å²) in [6.07, 6.45) is 1.04. The van der Waals surface area contributed by atoms with Crippen molar-refractivity contribution in [2.24, 2.45) is 5.16 Å². The number of fused-ring (bicyclic) bond motifs is 1. The molecule has 1 atom stereocenters. The van der Waals surface area contributed by atoms with Crippen LogP contribution in [0.5, 0.6) is 11.5 Å². The first kappa shape index (κ1) is 10.4. The highest BCUT2D eigenvalue weighted by atomic mass is 16.5. The van der Waals surface area contributed by atoms with Crippen molar-refractivity contribution in [2.45, 2.75) is 12.5 Å². The molecule has 0 saturated carbocycles. The standard InChI is InChI=1S/C12H13NO4/c14-13-11-7-16-12-5-8(1-2-10(11)12)17-9-3-4-15-6-9/h1-2,5,9,14H,3-4,6-7H2. The number of hydrogen-bond donors (Lipinski definition) is 1. The van der Waals surface area contributed by atoms with Crippen LogP contribution < -0.4 is 9.47 Å². The summed E-state index contributed by atoms with van der Waals surface area (Å²) in [6, 6.07) is 5.53. The summed E-state index contributed by atoms with van der Waals surface area (Å²) in [5.74, 6) is 1.47. The minimum Gasteiger partial charge on any atom is -0.488 e. The van der Waals surface area contributed by atoms with Crippen LogP contribution in [0.25, 0.3) is 0 Å². The van der Waals surface area contributed by atoms with Crippen LogP contribution in [0.4, 0.5) is 0 Å². The number of nitrogens with zero attached hydrogens (tertiary/aromatic N) is 1. The van der Waals surface area contributed by atoms with Crippen LogP contribution in [0.2, 0.25) is 0 Å². The monoisotopic (exact) mass is 235 g/mol. The van der Waals surface area contributed by atoms with Gasteiger partial charge in [0.25, 0.3) is 0 Å². The van der Waals surface area contributed by atoms with Gasteiger partial charge in [-0.15, -0.1) is 0 Å². The Bertz CT molecular complexity index is 452. The van der Waals surface area contributed by atoms with Crippen molar-refractivity contribution in [3.8, 4) is 11.5 Å². The van der Waals surface area contributed by atoms with Crippen LogP contribution in [0.3, 0.4) is 0 Å². The summed E-state index contributed by atoms with van der Waals surface area (Å²) in [4.78, 5) is 0. The smallest absolute Gasteiger partial charge is 0.134 e. The first-order valence-electron chi connectivity index (χ1n) is 5.59. The summed E-state index contributed by atoms with van der Waals surface area (Å²) in [6.45, 7) is 1.70. The van der Waals surface area contributed by atoms with Gasteiger partial charge in [0.15, 0.2) is 0 Å². The average Bonchev–Trinajstić information content (AvgIpc) is 2.97. The van der Waals surface area contributed by atoms with Gasteiger partial charge in [-0.3, -0.25) is 0 Å². The summed E-state index contributed by atoms with van der Waals surface area (Å²) in [5, 5.41) is 12.0. The van der Waals surface area contributed by atoms with Crippen molar-refractivity contribution in [1.82, 2.24) is 0 Å². The third kappa shape index (κ3) is 1.93. The molecule has 0 bridgehead atoms. The molecule has 17 heavy (non-hydrogen) atoms. The van der Waals surface area contributed by atoms with Crippen LogP contribution in [-0.4, -0.2) is 36.8 Å². The van der Waals surface area contributed by atoms with Gasteiger partial charge in [-0.2, -0.15) is 0 Å². The Hall–Kier alpha value is -1.75. The van der Waals surface area contributed by atoms with E-state index in [-0.39, 0.29) is 6.10 Å². The maximum absolute atomic E-state index is 8.77. The van der Waals surface area contributed by atoms with Gasteiger partial charge >= 0.3 is 0 Å². The van der Waals surface area contributed by atoms with Crippen molar-refractivity contribution in [2.75, 3.05) is 19.8 Å². The van der Waals surface area contributed by atoms with Crippen molar-refractivity contribution >= 4 is 5.71 Å². The van der Waals surface area contributed by atoms with Gasteiger partial charge in [-0.05, 0) is 12.1 Å². The lowest BCUT2D eigenvalue weighted by Crippen LogP contribution is -2.15. The fraction of sp³-hybridized carbons (Fsp3) is 0.417. The Kier molecular flexibility index (Phi) is 2.60. The minimum atomic E-state index is 0.125. The van der Waals surface area contributed by atoms with Crippen molar-refractivity contribution < 1.29 is 19.4 Å². The Labute approximate surface area is 98.6 Å². The average molecular weight is 235 g/mol. The van der Waals surface area contributed by atoms with E-state index in [0.29, 0.717) is 24.7 Å². The van der Waals surface area contributed by atoms with Crippen LogP contribution in [0.1, 0.15) is 12.0 Å². The summed E-state index contributed by atoms with van der Waals surface area (Å²) in [7, 11) is 0. The zero-order valence-corrected chi connectivity index (χ0v) is 9.26. The Morgan fingerprint density at radius 3 is 3.12 bits per heavy atom. The number of benzene rings is 1. The summed E-state index contributed by atoms with van der Waals surface area (Å²) >= 11 is 0. The lowest BCUT2D eigenvalue weighted by Gasteiger charge is -2.12. The largest absolute Gasteiger partial charge is 0.488 e. The Morgan fingerprint density at radius 2 is 2.35 bits per heavy atom. The maximum atomic E-state index is 8.77. The van der Waals surface area contributed by atoms with E-state index in [1.165, 1.54) is 0 Å². The maximum Gasteiger partial charge on any atom is 0.134 e. The SMILES string of the molecule is ON=C1COc2cc(OC3CCOC3)ccc21. The molecule has 0 amide bonds. The van der Waals surface area contributed by atoms with Crippen LogP contribution in [-0.2, 0) is 4.74 Å². The topological polar surface area (TPSA) is 60.3 Å². The second-order valence-electron chi connectivity index (χ2n) is 4.10. The summed E-state index contributed by atoms with van der Waals surface area (Å²) in [5.41, 5.74) is 1.37. The predicted molar refractivity (Wildman–Crippen MR) is 60.1 cm³/mol. The molecule has 5 heteroatoms. The molecule has 2 aliphatic heterocycles. The molecule has 2 heterocycles. The number of hydrogen-bond acceptors (Lipinski definition) is 5. The first-order chi connectivity index (χ1) is 8.36. The van der Waals surface area contributed by atoms with E-state index < -0.39 is 0 Å². The van der Waals surface area contributed by atoms with Gasteiger partial charge in [0.2, 0.25) is 0 Å². The van der Waals surface area contributed by atoms with Gasteiger partial charge in [0.05, 0.1) is 13.2 Å². The van der Waals surface area contributed by atoms with E-state index in [0.717, 1.165) is 24.3 Å². The van der Waals surface area contributed by atoms with Gasteiger partial charge in [-0.25, -0.2) is 0 Å². The number of ether oxygens (including phenoxy) is 3. The molecule has 3 rings (SSSR count). The molecule has 90 valence electrons. The third-order valence-corrected chi connectivity index (χ3v) is 2.94. The van der Waals surface area contributed by atoms with E-state index in [9.17, 15) is 0 Å². The highest BCUT2D eigenvalue weighted by molar-refractivity contribution is 6.05. The van der Waals surface area contributed by atoms with E-state index >= 15 is 0 Å². The van der Waals surface area contributed by atoms with Crippen molar-refractivity contribution in [3.63, 3.8) is 0 Å². The van der Waals surface area contributed by atoms with E-state index in [2.05, 4.69) is 5.16 Å². The predicted octanol–water partition coefficient (Wildman–Crippen LogP) is 1.42. The van der Waals surface area contributed by atoms with Crippen molar-refractivity contribution in [3.05, 3.63) is 23.8 Å². The van der Waals surface area contributed by atoms with Gasteiger partial charge < -0.3 is 19.4 Å². The van der Waals surface area contributed by atoms with Crippen molar-refractivity contribution in [1.29, 1.82) is 0 Å². The second kappa shape index (κ2) is 4.25. The molecule has 1 N–H and O–H groups in total. The van der Waals surface area contributed by atoms with E-state index in [1.807, 2.05) is 18.2 Å². The number of oxime groups is 1. The molecule has 1 fully saturated rings.